The monoisotopic (exact) mass is 436 g/mol. The van der Waals surface area contributed by atoms with Gasteiger partial charge in [0.2, 0.25) is 0 Å². The normalized spacial score (nSPS) is 19.0. The largest absolute Gasteiger partial charge is 0.493 e. The van der Waals surface area contributed by atoms with Crippen molar-refractivity contribution in [3.8, 4) is 5.75 Å². The topological polar surface area (TPSA) is 59.1 Å². The number of amides is 2. The van der Waals surface area contributed by atoms with E-state index in [1.165, 1.54) is 5.56 Å². The van der Waals surface area contributed by atoms with Gasteiger partial charge in [0.25, 0.3) is 11.8 Å². The number of morpholine rings is 1. The van der Waals surface area contributed by atoms with Gasteiger partial charge in [-0.1, -0.05) is 6.07 Å². The Labute approximate surface area is 190 Å². The molecule has 6 nitrogen and oxygen atoms in total. The van der Waals surface area contributed by atoms with Crippen molar-refractivity contribution in [3.63, 3.8) is 0 Å². The molecule has 0 bridgehead atoms. The molecule has 2 aliphatic rings. The predicted octanol–water partition coefficient (Wildman–Crippen LogP) is 3.71. The quantitative estimate of drug-likeness (QED) is 0.717. The average molecular weight is 437 g/mol. The number of carbonyl (C=O) groups excluding carboxylic acids is 2. The lowest BCUT2D eigenvalue weighted by Crippen LogP contribution is -2.41. The Morgan fingerprint density at radius 3 is 2.31 bits per heavy atom. The minimum absolute atomic E-state index is 0.0348. The zero-order chi connectivity index (χ0) is 22.5. The number of nitrogens with zero attached hydrogens (tertiary/aromatic N) is 2. The standard InChI is InChI=1S/C26H32N2O4/c1-19-5-6-23(16-20(19)2)26(30)28-11-3-4-21(17-28)18-32-24-9-7-22(8-10-24)25(29)27-12-14-31-15-13-27/h5-10,16,21H,3-4,11-15,17-18H2,1-2H3. The summed E-state index contributed by atoms with van der Waals surface area (Å²) in [6.07, 6.45) is 2.03. The van der Waals surface area contributed by atoms with Crippen LogP contribution in [0, 0.1) is 19.8 Å². The SMILES string of the molecule is Cc1ccc(C(=O)N2CCCC(COc3ccc(C(=O)N4CCOCC4)cc3)C2)cc1C. The molecule has 2 aromatic carbocycles. The molecule has 4 rings (SSSR count). The van der Waals surface area contributed by atoms with Crippen molar-refractivity contribution >= 4 is 11.8 Å². The van der Waals surface area contributed by atoms with E-state index in [4.69, 9.17) is 9.47 Å². The number of piperidine rings is 1. The molecule has 0 N–H and O–H groups in total. The molecule has 2 aromatic rings. The van der Waals surface area contributed by atoms with Gasteiger partial charge < -0.3 is 19.3 Å². The minimum Gasteiger partial charge on any atom is -0.493 e. The highest BCUT2D eigenvalue weighted by molar-refractivity contribution is 5.95. The summed E-state index contributed by atoms with van der Waals surface area (Å²) in [7, 11) is 0. The summed E-state index contributed by atoms with van der Waals surface area (Å²) in [4.78, 5) is 29.3. The number of likely N-dealkylation sites (tertiary alicyclic amines) is 1. The van der Waals surface area contributed by atoms with E-state index >= 15 is 0 Å². The van der Waals surface area contributed by atoms with E-state index in [-0.39, 0.29) is 11.8 Å². The molecule has 2 saturated heterocycles. The van der Waals surface area contributed by atoms with Gasteiger partial charge in [-0.15, -0.1) is 0 Å². The highest BCUT2D eigenvalue weighted by atomic mass is 16.5. The zero-order valence-electron chi connectivity index (χ0n) is 19.0. The van der Waals surface area contributed by atoms with E-state index in [0.29, 0.717) is 50.9 Å². The van der Waals surface area contributed by atoms with E-state index in [1.807, 2.05) is 59.2 Å². The maximum atomic E-state index is 13.0. The molecule has 2 fully saturated rings. The van der Waals surface area contributed by atoms with Gasteiger partial charge in [0.15, 0.2) is 0 Å². The molecule has 0 radical (unpaired) electrons. The van der Waals surface area contributed by atoms with Crippen LogP contribution in [0.5, 0.6) is 5.75 Å². The lowest BCUT2D eigenvalue weighted by atomic mass is 9.97. The molecule has 2 heterocycles. The first-order chi connectivity index (χ1) is 15.5. The van der Waals surface area contributed by atoms with Crippen LogP contribution in [0.1, 0.15) is 44.7 Å². The van der Waals surface area contributed by atoms with Gasteiger partial charge in [-0.25, -0.2) is 0 Å². The first-order valence-corrected chi connectivity index (χ1v) is 11.5. The maximum absolute atomic E-state index is 13.0. The predicted molar refractivity (Wildman–Crippen MR) is 123 cm³/mol. The number of carbonyl (C=O) groups is 2. The lowest BCUT2D eigenvalue weighted by molar-refractivity contribution is 0.0303. The zero-order valence-corrected chi connectivity index (χ0v) is 19.0. The molecule has 6 heteroatoms. The number of rotatable bonds is 5. The molecule has 1 atom stereocenters. The Morgan fingerprint density at radius 1 is 0.906 bits per heavy atom. The van der Waals surface area contributed by atoms with Crippen molar-refractivity contribution in [1.29, 1.82) is 0 Å². The highest BCUT2D eigenvalue weighted by Gasteiger charge is 2.25. The fraction of sp³-hybridized carbons (Fsp3) is 0.462. The first-order valence-electron chi connectivity index (χ1n) is 11.5. The van der Waals surface area contributed by atoms with Crippen LogP contribution in [0.2, 0.25) is 0 Å². The Kier molecular flexibility index (Phi) is 7.10. The Bertz CT molecular complexity index is 951. The van der Waals surface area contributed by atoms with Crippen LogP contribution in [-0.2, 0) is 4.74 Å². The summed E-state index contributed by atoms with van der Waals surface area (Å²) < 4.78 is 11.3. The van der Waals surface area contributed by atoms with Gasteiger partial charge in [-0.3, -0.25) is 9.59 Å². The van der Waals surface area contributed by atoms with Gasteiger partial charge in [0.05, 0.1) is 19.8 Å². The van der Waals surface area contributed by atoms with Crippen LogP contribution in [0.3, 0.4) is 0 Å². The summed E-state index contributed by atoms with van der Waals surface area (Å²) in [5.41, 5.74) is 3.77. The van der Waals surface area contributed by atoms with Crippen LogP contribution in [-0.4, -0.2) is 67.6 Å². The lowest BCUT2D eigenvalue weighted by Gasteiger charge is -2.33. The third-order valence-electron chi connectivity index (χ3n) is 6.45. The number of benzene rings is 2. The van der Waals surface area contributed by atoms with E-state index in [9.17, 15) is 9.59 Å². The molecule has 0 aromatic heterocycles. The average Bonchev–Trinajstić information content (AvgIpc) is 2.84. The van der Waals surface area contributed by atoms with Crippen molar-refractivity contribution < 1.29 is 19.1 Å². The second-order valence-corrected chi connectivity index (χ2v) is 8.80. The summed E-state index contributed by atoms with van der Waals surface area (Å²) in [6.45, 7) is 8.62. The summed E-state index contributed by atoms with van der Waals surface area (Å²) in [6, 6.07) is 13.3. The van der Waals surface area contributed by atoms with Crippen molar-refractivity contribution in [2.24, 2.45) is 5.92 Å². The fourth-order valence-corrected chi connectivity index (χ4v) is 4.30. The van der Waals surface area contributed by atoms with Gasteiger partial charge in [0, 0.05) is 43.2 Å². The third kappa shape index (κ3) is 5.30. The molecule has 170 valence electrons. The van der Waals surface area contributed by atoms with Gasteiger partial charge in [-0.2, -0.15) is 0 Å². The maximum Gasteiger partial charge on any atom is 0.254 e. The van der Waals surface area contributed by atoms with Crippen LogP contribution in [0.4, 0.5) is 0 Å². The van der Waals surface area contributed by atoms with E-state index < -0.39 is 0 Å². The van der Waals surface area contributed by atoms with Crippen LogP contribution >= 0.6 is 0 Å². The number of ether oxygens (including phenoxy) is 2. The van der Waals surface area contributed by atoms with E-state index in [2.05, 4.69) is 6.92 Å². The fourth-order valence-electron chi connectivity index (χ4n) is 4.30. The molecule has 2 aliphatic heterocycles. The molecular formula is C26H32N2O4. The smallest absolute Gasteiger partial charge is 0.254 e. The third-order valence-corrected chi connectivity index (χ3v) is 6.45. The Balaban J connectivity index is 1.30. The van der Waals surface area contributed by atoms with E-state index in [0.717, 1.165) is 36.3 Å². The van der Waals surface area contributed by atoms with E-state index in [1.54, 1.807) is 0 Å². The number of aryl methyl sites for hydroxylation is 2. The summed E-state index contributed by atoms with van der Waals surface area (Å²) in [5, 5.41) is 0. The molecule has 0 saturated carbocycles. The van der Waals surface area contributed by atoms with Crippen molar-refractivity contribution in [1.82, 2.24) is 9.80 Å². The molecule has 32 heavy (non-hydrogen) atoms. The number of hydrogen-bond donors (Lipinski definition) is 0. The van der Waals surface area contributed by atoms with Crippen LogP contribution in [0.15, 0.2) is 42.5 Å². The highest BCUT2D eigenvalue weighted by Crippen LogP contribution is 2.22. The minimum atomic E-state index is 0.0348. The van der Waals surface area contributed by atoms with Crippen molar-refractivity contribution in [3.05, 3.63) is 64.7 Å². The van der Waals surface area contributed by atoms with Gasteiger partial charge in [0.1, 0.15) is 5.75 Å². The first kappa shape index (κ1) is 22.3. The van der Waals surface area contributed by atoms with Gasteiger partial charge in [-0.05, 0) is 74.2 Å². The molecular weight excluding hydrogens is 404 g/mol. The van der Waals surface area contributed by atoms with Gasteiger partial charge >= 0.3 is 0 Å². The molecule has 2 amide bonds. The summed E-state index contributed by atoms with van der Waals surface area (Å²) >= 11 is 0. The summed E-state index contributed by atoms with van der Waals surface area (Å²) in [5.74, 6) is 1.19. The second kappa shape index (κ2) is 10.2. The molecule has 0 spiro atoms. The van der Waals surface area contributed by atoms with Crippen LogP contribution in [0.25, 0.3) is 0 Å². The Hall–Kier alpha value is -2.86. The second-order valence-electron chi connectivity index (χ2n) is 8.80. The molecule has 0 aliphatic carbocycles. The van der Waals surface area contributed by atoms with Crippen molar-refractivity contribution in [2.75, 3.05) is 46.0 Å². The number of hydrogen-bond acceptors (Lipinski definition) is 4. The van der Waals surface area contributed by atoms with Crippen molar-refractivity contribution in [2.45, 2.75) is 26.7 Å². The molecule has 1 unspecified atom stereocenters. The van der Waals surface area contributed by atoms with Crippen LogP contribution < -0.4 is 4.74 Å². The Morgan fingerprint density at radius 2 is 1.59 bits per heavy atom.